The van der Waals surface area contributed by atoms with Crippen molar-refractivity contribution in [1.82, 2.24) is 19.7 Å². The van der Waals surface area contributed by atoms with Crippen LogP contribution in [0.15, 0.2) is 30.7 Å². The Balaban J connectivity index is 0.00000128. The topological polar surface area (TPSA) is 34.8 Å². The third-order valence-corrected chi connectivity index (χ3v) is 2.44. The van der Waals surface area contributed by atoms with Crippen molar-refractivity contribution in [3.63, 3.8) is 0 Å². The number of nitrogens with one attached hydrogen (secondary N) is 1. The van der Waals surface area contributed by atoms with E-state index < -0.39 is 0 Å². The minimum Gasteiger partial charge on any atom is -0.353 e. The monoisotopic (exact) mass is 240 g/mol. The van der Waals surface area contributed by atoms with E-state index in [1.807, 2.05) is 24.1 Å². The van der Waals surface area contributed by atoms with Crippen molar-refractivity contribution < 1.29 is 0 Å². The third-order valence-electron chi connectivity index (χ3n) is 2.44. The molecule has 4 nitrogen and oxygen atoms in total. The molecule has 16 heavy (non-hydrogen) atoms. The molecule has 88 valence electrons. The maximum atomic E-state index is 4.12. The molecule has 0 aliphatic heterocycles. The first-order chi connectivity index (χ1) is 7.25. The van der Waals surface area contributed by atoms with Crippen LogP contribution in [0, 0.1) is 0 Å². The lowest BCUT2D eigenvalue weighted by Gasteiger charge is -2.04. The number of aryl methyl sites for hydroxylation is 2. The fraction of sp³-hybridized carbons (Fsp3) is 0.364. The molecule has 0 saturated carbocycles. The zero-order valence-corrected chi connectivity index (χ0v) is 10.4. The number of rotatable bonds is 4. The maximum absolute atomic E-state index is 4.12. The van der Waals surface area contributed by atoms with Crippen LogP contribution >= 0.6 is 12.4 Å². The molecule has 0 atom stereocenters. The number of hydrogen-bond acceptors (Lipinski definition) is 2. The number of halogens is 1. The van der Waals surface area contributed by atoms with Crippen LogP contribution in [-0.2, 0) is 27.2 Å². The van der Waals surface area contributed by atoms with Crippen molar-refractivity contribution in [2.24, 2.45) is 14.1 Å². The van der Waals surface area contributed by atoms with E-state index in [1.54, 1.807) is 0 Å². The highest BCUT2D eigenvalue weighted by molar-refractivity contribution is 5.85. The van der Waals surface area contributed by atoms with Crippen LogP contribution in [0.3, 0.4) is 0 Å². The van der Waals surface area contributed by atoms with Crippen LogP contribution < -0.4 is 5.32 Å². The van der Waals surface area contributed by atoms with Crippen molar-refractivity contribution in [2.45, 2.75) is 13.1 Å². The first-order valence-corrected chi connectivity index (χ1v) is 5.04. The average Bonchev–Trinajstić information content (AvgIpc) is 2.77. The standard InChI is InChI=1S/C11H16N4.ClH/c1-14-5-3-4-11(14)8-12-6-10-7-13-15(2)9-10;/h3-5,7,9,12H,6,8H2,1-2H3;1H. The van der Waals surface area contributed by atoms with Crippen LogP contribution in [0.25, 0.3) is 0 Å². The lowest BCUT2D eigenvalue weighted by atomic mass is 10.3. The molecule has 5 heteroatoms. The fourth-order valence-corrected chi connectivity index (χ4v) is 1.58. The van der Waals surface area contributed by atoms with Gasteiger partial charge in [0.15, 0.2) is 0 Å². The van der Waals surface area contributed by atoms with Crippen LogP contribution in [-0.4, -0.2) is 14.3 Å². The summed E-state index contributed by atoms with van der Waals surface area (Å²) in [5.41, 5.74) is 2.51. The Morgan fingerprint density at radius 3 is 2.69 bits per heavy atom. The first kappa shape index (κ1) is 12.8. The van der Waals surface area contributed by atoms with Gasteiger partial charge in [0.1, 0.15) is 0 Å². The van der Waals surface area contributed by atoms with Crippen LogP contribution in [0.5, 0.6) is 0 Å². The second-order valence-electron chi connectivity index (χ2n) is 3.74. The van der Waals surface area contributed by atoms with Gasteiger partial charge in [0, 0.05) is 50.8 Å². The van der Waals surface area contributed by atoms with E-state index in [0.29, 0.717) is 0 Å². The third kappa shape index (κ3) is 3.12. The quantitative estimate of drug-likeness (QED) is 0.879. The molecule has 2 rings (SSSR count). The minimum atomic E-state index is 0. The van der Waals surface area contributed by atoms with Crippen molar-refractivity contribution in [3.8, 4) is 0 Å². The Hall–Kier alpha value is -1.26. The van der Waals surface area contributed by atoms with E-state index in [9.17, 15) is 0 Å². The van der Waals surface area contributed by atoms with Crippen molar-refractivity contribution in [2.75, 3.05) is 0 Å². The van der Waals surface area contributed by atoms with Gasteiger partial charge in [-0.15, -0.1) is 12.4 Å². The molecule has 0 bridgehead atoms. The van der Waals surface area contributed by atoms with E-state index in [4.69, 9.17) is 0 Å². The van der Waals surface area contributed by atoms with E-state index in [-0.39, 0.29) is 12.4 Å². The van der Waals surface area contributed by atoms with Crippen molar-refractivity contribution in [3.05, 3.63) is 42.0 Å². The fourth-order valence-electron chi connectivity index (χ4n) is 1.58. The molecule has 2 aromatic heterocycles. The zero-order chi connectivity index (χ0) is 10.7. The van der Waals surface area contributed by atoms with E-state index >= 15 is 0 Å². The molecule has 0 aliphatic rings. The van der Waals surface area contributed by atoms with Gasteiger partial charge in [-0.2, -0.15) is 5.10 Å². The Morgan fingerprint density at radius 2 is 2.12 bits per heavy atom. The highest BCUT2D eigenvalue weighted by Crippen LogP contribution is 2.00. The molecule has 2 aromatic rings. The summed E-state index contributed by atoms with van der Waals surface area (Å²) in [7, 11) is 3.99. The summed E-state index contributed by atoms with van der Waals surface area (Å²) >= 11 is 0. The largest absolute Gasteiger partial charge is 0.353 e. The van der Waals surface area contributed by atoms with E-state index in [0.717, 1.165) is 13.1 Å². The summed E-state index contributed by atoms with van der Waals surface area (Å²) in [4.78, 5) is 0. The van der Waals surface area contributed by atoms with E-state index in [1.165, 1.54) is 11.3 Å². The number of hydrogen-bond donors (Lipinski definition) is 1. The molecule has 0 fully saturated rings. The van der Waals surface area contributed by atoms with Gasteiger partial charge in [0.05, 0.1) is 6.20 Å². The predicted octanol–water partition coefficient (Wildman–Crippen LogP) is 1.47. The minimum absolute atomic E-state index is 0. The summed E-state index contributed by atoms with van der Waals surface area (Å²) in [5, 5.41) is 7.51. The van der Waals surface area contributed by atoms with Gasteiger partial charge in [0.2, 0.25) is 0 Å². The molecule has 0 radical (unpaired) electrons. The number of nitrogens with zero attached hydrogens (tertiary/aromatic N) is 3. The van der Waals surface area contributed by atoms with Crippen LogP contribution in [0.1, 0.15) is 11.3 Å². The molecule has 1 N–H and O–H groups in total. The maximum Gasteiger partial charge on any atom is 0.0534 e. The molecule has 0 aliphatic carbocycles. The Bertz CT molecular complexity index is 433. The van der Waals surface area contributed by atoms with Gasteiger partial charge in [-0.3, -0.25) is 4.68 Å². The Kier molecular flexibility index (Phi) is 4.58. The van der Waals surface area contributed by atoms with Gasteiger partial charge in [-0.25, -0.2) is 0 Å². The molecule has 0 aromatic carbocycles. The molecular weight excluding hydrogens is 224 g/mol. The Morgan fingerprint density at radius 1 is 1.31 bits per heavy atom. The van der Waals surface area contributed by atoms with Gasteiger partial charge >= 0.3 is 0 Å². The van der Waals surface area contributed by atoms with Crippen molar-refractivity contribution >= 4 is 12.4 Å². The van der Waals surface area contributed by atoms with Gasteiger partial charge < -0.3 is 9.88 Å². The number of aromatic nitrogens is 3. The summed E-state index contributed by atoms with van der Waals surface area (Å²) in [6, 6.07) is 4.18. The summed E-state index contributed by atoms with van der Waals surface area (Å²) in [6.07, 6.45) is 5.97. The highest BCUT2D eigenvalue weighted by atomic mass is 35.5. The lowest BCUT2D eigenvalue weighted by molar-refractivity contribution is 0.654. The Labute approximate surface area is 102 Å². The zero-order valence-electron chi connectivity index (χ0n) is 9.55. The average molecular weight is 241 g/mol. The molecule has 2 heterocycles. The second kappa shape index (κ2) is 5.72. The van der Waals surface area contributed by atoms with Crippen LogP contribution in [0.2, 0.25) is 0 Å². The molecular formula is C11H17ClN4. The normalized spacial score (nSPS) is 10.1. The summed E-state index contributed by atoms with van der Waals surface area (Å²) in [5.74, 6) is 0. The summed E-state index contributed by atoms with van der Waals surface area (Å²) in [6.45, 7) is 1.75. The van der Waals surface area contributed by atoms with Gasteiger partial charge in [-0.05, 0) is 12.1 Å². The lowest BCUT2D eigenvalue weighted by Crippen LogP contribution is -2.14. The molecule has 0 amide bonds. The molecule has 0 unspecified atom stereocenters. The highest BCUT2D eigenvalue weighted by Gasteiger charge is 1.98. The predicted molar refractivity (Wildman–Crippen MR) is 66.4 cm³/mol. The van der Waals surface area contributed by atoms with Gasteiger partial charge in [0.25, 0.3) is 0 Å². The smallest absolute Gasteiger partial charge is 0.0534 e. The van der Waals surface area contributed by atoms with E-state index in [2.05, 4.69) is 40.4 Å². The molecule has 0 spiro atoms. The van der Waals surface area contributed by atoms with Gasteiger partial charge in [-0.1, -0.05) is 0 Å². The SMILES string of the molecule is Cl.Cn1cc(CNCc2cccn2C)cn1. The van der Waals surface area contributed by atoms with Crippen LogP contribution in [0.4, 0.5) is 0 Å². The van der Waals surface area contributed by atoms with Crippen molar-refractivity contribution in [1.29, 1.82) is 0 Å². The first-order valence-electron chi connectivity index (χ1n) is 5.04. The second-order valence-corrected chi connectivity index (χ2v) is 3.74. The summed E-state index contributed by atoms with van der Waals surface area (Å²) < 4.78 is 3.94. The molecule has 0 saturated heterocycles.